The van der Waals surface area contributed by atoms with Crippen LogP contribution >= 0.6 is 0 Å². The molecule has 0 N–H and O–H groups in total. The maximum absolute atomic E-state index is 9.10. The number of nitriles is 1. The van der Waals surface area contributed by atoms with Gasteiger partial charge in [0.05, 0.1) is 23.0 Å². The maximum atomic E-state index is 9.10. The lowest BCUT2D eigenvalue weighted by Gasteiger charge is -2.40. The summed E-state index contributed by atoms with van der Waals surface area (Å²) < 4.78 is 5.56. The second-order valence-electron chi connectivity index (χ2n) is 4.68. The predicted octanol–water partition coefficient (Wildman–Crippen LogP) is 1.96. The zero-order valence-corrected chi connectivity index (χ0v) is 10.3. The Hall–Kier alpha value is -1.60. The fourth-order valence-corrected chi connectivity index (χ4v) is 2.31. The second kappa shape index (κ2) is 4.72. The molecule has 0 aromatic carbocycles. The summed E-state index contributed by atoms with van der Waals surface area (Å²) >= 11 is 0. The Bertz CT molecular complexity index is 441. The average molecular weight is 231 g/mol. The molecular formula is C13H17N3O. The molecule has 2 heterocycles. The van der Waals surface area contributed by atoms with Crippen molar-refractivity contribution in [3.63, 3.8) is 0 Å². The summed E-state index contributed by atoms with van der Waals surface area (Å²) in [5, 5.41) is 9.10. The highest BCUT2D eigenvalue weighted by atomic mass is 16.5. The van der Waals surface area contributed by atoms with E-state index >= 15 is 0 Å². The molecule has 0 amide bonds. The van der Waals surface area contributed by atoms with Crippen LogP contribution in [-0.2, 0) is 4.74 Å². The Morgan fingerprint density at radius 2 is 2.41 bits per heavy atom. The van der Waals surface area contributed by atoms with Crippen LogP contribution in [0.1, 0.15) is 25.3 Å². The van der Waals surface area contributed by atoms with Gasteiger partial charge in [-0.2, -0.15) is 5.26 Å². The minimum Gasteiger partial charge on any atom is -0.377 e. The second-order valence-corrected chi connectivity index (χ2v) is 4.68. The molecule has 1 atom stereocenters. The topological polar surface area (TPSA) is 49.1 Å². The van der Waals surface area contributed by atoms with Crippen molar-refractivity contribution in [2.45, 2.75) is 25.4 Å². The van der Waals surface area contributed by atoms with Gasteiger partial charge >= 0.3 is 0 Å². The van der Waals surface area contributed by atoms with Gasteiger partial charge in [0.15, 0.2) is 0 Å². The first kappa shape index (κ1) is 11.9. The highest BCUT2D eigenvalue weighted by Gasteiger charge is 2.31. The summed E-state index contributed by atoms with van der Waals surface area (Å²) in [6.45, 7) is 3.88. The van der Waals surface area contributed by atoms with Crippen LogP contribution in [-0.4, -0.2) is 30.8 Å². The van der Waals surface area contributed by atoms with Gasteiger partial charge in [0.25, 0.3) is 0 Å². The predicted molar refractivity (Wildman–Crippen MR) is 65.8 cm³/mol. The number of rotatable bonds is 2. The summed E-state index contributed by atoms with van der Waals surface area (Å²) in [5.41, 5.74) is 1.47. The van der Waals surface area contributed by atoms with Gasteiger partial charge in [-0.1, -0.05) is 0 Å². The molecule has 90 valence electrons. The number of anilines is 1. The molecule has 1 fully saturated rings. The number of methoxy groups -OCH3 is 1. The van der Waals surface area contributed by atoms with Crippen molar-refractivity contribution >= 4 is 5.69 Å². The number of hydrogen-bond donors (Lipinski definition) is 0. The average Bonchev–Trinajstić information content (AvgIpc) is 2.39. The SMILES string of the molecule is COC1(C)CCCN(c2cnccc2C#N)C1. The van der Waals surface area contributed by atoms with Gasteiger partial charge in [0.2, 0.25) is 0 Å². The Morgan fingerprint density at radius 1 is 1.59 bits per heavy atom. The molecule has 17 heavy (non-hydrogen) atoms. The molecule has 1 aliphatic rings. The lowest BCUT2D eigenvalue weighted by atomic mass is 9.94. The standard InChI is InChI=1S/C13H17N3O/c1-13(17-2)5-3-7-16(10-13)12-9-15-6-4-11(12)8-14/h4,6,9H,3,5,7,10H2,1-2H3. The Balaban J connectivity index is 2.26. The zero-order valence-electron chi connectivity index (χ0n) is 10.3. The Labute approximate surface area is 102 Å². The van der Waals surface area contributed by atoms with Crippen LogP contribution in [0, 0.1) is 11.3 Å². The van der Waals surface area contributed by atoms with E-state index in [9.17, 15) is 0 Å². The molecule has 2 rings (SSSR count). The van der Waals surface area contributed by atoms with Crippen LogP contribution in [0.15, 0.2) is 18.5 Å². The van der Waals surface area contributed by atoms with Gasteiger partial charge in [-0.05, 0) is 25.8 Å². The van der Waals surface area contributed by atoms with Crippen molar-refractivity contribution in [1.29, 1.82) is 5.26 Å². The highest BCUT2D eigenvalue weighted by molar-refractivity contribution is 5.58. The van der Waals surface area contributed by atoms with Gasteiger partial charge in [0.1, 0.15) is 6.07 Å². The van der Waals surface area contributed by atoms with Crippen molar-refractivity contribution in [2.75, 3.05) is 25.1 Å². The molecule has 0 radical (unpaired) electrons. The van der Waals surface area contributed by atoms with E-state index in [1.807, 2.05) is 0 Å². The molecule has 4 nitrogen and oxygen atoms in total. The third-order valence-corrected chi connectivity index (χ3v) is 3.41. The maximum Gasteiger partial charge on any atom is 0.101 e. The van der Waals surface area contributed by atoms with Crippen molar-refractivity contribution in [1.82, 2.24) is 4.98 Å². The Morgan fingerprint density at radius 3 is 3.12 bits per heavy atom. The first-order valence-electron chi connectivity index (χ1n) is 5.83. The van der Waals surface area contributed by atoms with Crippen molar-refractivity contribution in [3.8, 4) is 6.07 Å². The van der Waals surface area contributed by atoms with E-state index in [1.54, 1.807) is 25.6 Å². The third kappa shape index (κ3) is 2.40. The number of piperidine rings is 1. The van der Waals surface area contributed by atoms with Crippen LogP contribution in [0.4, 0.5) is 5.69 Å². The van der Waals surface area contributed by atoms with Crippen LogP contribution in [0.25, 0.3) is 0 Å². The normalized spacial score (nSPS) is 24.4. The summed E-state index contributed by atoms with van der Waals surface area (Å²) in [6.07, 6.45) is 5.55. The lowest BCUT2D eigenvalue weighted by Crippen LogP contribution is -2.47. The summed E-state index contributed by atoms with van der Waals surface area (Å²) in [6, 6.07) is 3.97. The van der Waals surface area contributed by atoms with Crippen molar-refractivity contribution in [3.05, 3.63) is 24.0 Å². The van der Waals surface area contributed by atoms with Crippen LogP contribution < -0.4 is 4.90 Å². The fourth-order valence-electron chi connectivity index (χ4n) is 2.31. The lowest BCUT2D eigenvalue weighted by molar-refractivity contribution is -0.00467. The van der Waals surface area contributed by atoms with Crippen LogP contribution in [0.2, 0.25) is 0 Å². The molecule has 4 heteroatoms. The Kier molecular flexibility index (Phi) is 3.30. The summed E-state index contributed by atoms with van der Waals surface area (Å²) in [4.78, 5) is 6.30. The van der Waals surface area contributed by atoms with Gasteiger partial charge in [0, 0.05) is 26.4 Å². The molecule has 1 aromatic rings. The minimum atomic E-state index is -0.124. The van der Waals surface area contributed by atoms with Crippen LogP contribution in [0.5, 0.6) is 0 Å². The van der Waals surface area contributed by atoms with Gasteiger partial charge in [-0.3, -0.25) is 4.98 Å². The quantitative estimate of drug-likeness (QED) is 0.780. The smallest absolute Gasteiger partial charge is 0.101 e. The van der Waals surface area contributed by atoms with E-state index in [-0.39, 0.29) is 5.60 Å². The molecule has 0 aliphatic carbocycles. The molecule has 1 unspecified atom stereocenters. The van der Waals surface area contributed by atoms with Gasteiger partial charge in [-0.15, -0.1) is 0 Å². The van der Waals surface area contributed by atoms with E-state index in [4.69, 9.17) is 10.00 Å². The van der Waals surface area contributed by atoms with Gasteiger partial charge in [-0.25, -0.2) is 0 Å². The molecule has 0 spiro atoms. The molecule has 1 aromatic heterocycles. The zero-order chi connectivity index (χ0) is 12.3. The fraction of sp³-hybridized carbons (Fsp3) is 0.538. The number of aromatic nitrogens is 1. The number of ether oxygens (including phenoxy) is 1. The third-order valence-electron chi connectivity index (χ3n) is 3.41. The van der Waals surface area contributed by atoms with E-state index in [0.29, 0.717) is 5.56 Å². The molecule has 0 bridgehead atoms. The van der Waals surface area contributed by atoms with Crippen LogP contribution in [0.3, 0.4) is 0 Å². The monoisotopic (exact) mass is 231 g/mol. The first-order valence-corrected chi connectivity index (χ1v) is 5.83. The molecule has 0 saturated carbocycles. The van der Waals surface area contributed by atoms with E-state index < -0.39 is 0 Å². The van der Waals surface area contributed by atoms with E-state index in [0.717, 1.165) is 31.6 Å². The van der Waals surface area contributed by atoms with E-state index in [1.165, 1.54) is 0 Å². The number of pyridine rings is 1. The van der Waals surface area contributed by atoms with Gasteiger partial charge < -0.3 is 9.64 Å². The van der Waals surface area contributed by atoms with Crippen molar-refractivity contribution < 1.29 is 4.74 Å². The number of hydrogen-bond acceptors (Lipinski definition) is 4. The number of nitrogens with zero attached hydrogens (tertiary/aromatic N) is 3. The summed E-state index contributed by atoms with van der Waals surface area (Å²) in [5.74, 6) is 0. The largest absolute Gasteiger partial charge is 0.377 e. The van der Waals surface area contributed by atoms with E-state index in [2.05, 4.69) is 22.9 Å². The highest BCUT2D eigenvalue weighted by Crippen LogP contribution is 2.29. The first-order chi connectivity index (χ1) is 8.18. The van der Waals surface area contributed by atoms with Crippen molar-refractivity contribution in [2.24, 2.45) is 0 Å². The minimum absolute atomic E-state index is 0.124. The summed E-state index contributed by atoms with van der Waals surface area (Å²) in [7, 11) is 1.75. The molecule has 1 aliphatic heterocycles. The molecule has 1 saturated heterocycles. The molecular weight excluding hydrogens is 214 g/mol.